The van der Waals surface area contributed by atoms with Crippen molar-refractivity contribution in [1.29, 1.82) is 0 Å². The van der Waals surface area contributed by atoms with Crippen LogP contribution in [0.4, 0.5) is 0 Å². The molecule has 6 N–H and O–H groups in total. The molecule has 2 atom stereocenters. The van der Waals surface area contributed by atoms with Gasteiger partial charge in [-0.1, -0.05) is 18.2 Å². The topological polar surface area (TPSA) is 136 Å². The maximum Gasteiger partial charge on any atom is 0.268 e. The summed E-state index contributed by atoms with van der Waals surface area (Å²) < 4.78 is 10.8. The fourth-order valence-electron chi connectivity index (χ4n) is 4.59. The number of amides is 1. The number of carbonyl (C=O) groups excluding carboxylic acids is 1. The summed E-state index contributed by atoms with van der Waals surface area (Å²) in [4.78, 5) is 16.1. The van der Waals surface area contributed by atoms with Gasteiger partial charge in [0.15, 0.2) is 0 Å². The van der Waals surface area contributed by atoms with Gasteiger partial charge in [0.1, 0.15) is 22.9 Å². The molecule has 0 bridgehead atoms. The molecule has 0 fully saturated rings. The summed E-state index contributed by atoms with van der Waals surface area (Å²) in [6, 6.07) is 18.1. The number of aliphatic hydroxyl groups excluding tert-OH is 2. The fraction of sp³-hybridized carbons (Fsp3) is 0.300. The van der Waals surface area contributed by atoms with Gasteiger partial charge in [0, 0.05) is 29.1 Å². The standard InChI is InChI=1S/C30H35N3O6/c1-18(31-16-27(36)20-8-10-26(35)22(13-20)17-34)11-19-7-9-24-21(12-19)14-25(33-24)30(37)32-15-23-28(38-2)5-4-6-29(23)39-3/h4-10,12-14,18,27,31,33-36H,11,15-17H2,1-3H3,(H,32,37)/t18-,27-/m1/s1. The van der Waals surface area contributed by atoms with Gasteiger partial charge in [-0.3, -0.25) is 4.79 Å². The number of phenols is 1. The Kier molecular flexibility index (Phi) is 9.08. The number of nitrogens with one attached hydrogen (secondary N) is 3. The number of rotatable bonds is 12. The summed E-state index contributed by atoms with van der Waals surface area (Å²) in [5.41, 5.74) is 4.18. The molecule has 9 nitrogen and oxygen atoms in total. The summed E-state index contributed by atoms with van der Waals surface area (Å²) in [7, 11) is 3.16. The van der Waals surface area contributed by atoms with Crippen molar-refractivity contribution >= 4 is 16.8 Å². The van der Waals surface area contributed by atoms with Crippen LogP contribution in [0.2, 0.25) is 0 Å². The lowest BCUT2D eigenvalue weighted by Crippen LogP contribution is -2.32. The summed E-state index contributed by atoms with van der Waals surface area (Å²) in [5, 5.41) is 36.8. The lowest BCUT2D eigenvalue weighted by molar-refractivity contribution is 0.0946. The first kappa shape index (κ1) is 28.0. The van der Waals surface area contributed by atoms with Crippen LogP contribution in [-0.4, -0.2) is 53.0 Å². The van der Waals surface area contributed by atoms with Gasteiger partial charge in [0.2, 0.25) is 0 Å². The first-order valence-corrected chi connectivity index (χ1v) is 12.8. The molecular formula is C30H35N3O6. The molecule has 0 unspecified atom stereocenters. The number of aliphatic hydroxyl groups is 2. The molecular weight excluding hydrogens is 498 g/mol. The number of benzene rings is 3. The average molecular weight is 534 g/mol. The summed E-state index contributed by atoms with van der Waals surface area (Å²) in [5.74, 6) is 1.06. The Morgan fingerprint density at radius 2 is 1.77 bits per heavy atom. The first-order valence-electron chi connectivity index (χ1n) is 12.8. The Hall–Kier alpha value is -4.05. The molecule has 9 heteroatoms. The molecule has 1 amide bonds. The Balaban J connectivity index is 1.35. The molecule has 0 aliphatic rings. The maximum absolute atomic E-state index is 12.9. The zero-order valence-electron chi connectivity index (χ0n) is 22.3. The number of hydrogen-bond acceptors (Lipinski definition) is 7. The molecule has 0 aliphatic heterocycles. The lowest BCUT2D eigenvalue weighted by atomic mass is 10.0. The van der Waals surface area contributed by atoms with Gasteiger partial charge in [-0.15, -0.1) is 0 Å². The number of ether oxygens (including phenoxy) is 2. The van der Waals surface area contributed by atoms with E-state index in [4.69, 9.17) is 9.47 Å². The number of aromatic nitrogens is 1. The fourth-order valence-corrected chi connectivity index (χ4v) is 4.59. The zero-order chi connectivity index (χ0) is 27.9. The Morgan fingerprint density at radius 1 is 1.03 bits per heavy atom. The van der Waals surface area contributed by atoms with E-state index in [0.717, 1.165) is 28.5 Å². The Labute approximate surface area is 227 Å². The van der Waals surface area contributed by atoms with Gasteiger partial charge in [0.05, 0.1) is 39.0 Å². The summed E-state index contributed by atoms with van der Waals surface area (Å²) in [6.07, 6.45) is -0.0529. The van der Waals surface area contributed by atoms with E-state index >= 15 is 0 Å². The molecule has 206 valence electrons. The van der Waals surface area contributed by atoms with Crippen molar-refractivity contribution in [2.24, 2.45) is 0 Å². The SMILES string of the molecule is COc1cccc(OC)c1CNC(=O)c1cc2cc(C[C@@H](C)NC[C@@H](O)c3ccc(O)c(CO)c3)ccc2[nH]1. The molecule has 0 saturated heterocycles. The largest absolute Gasteiger partial charge is 0.508 e. The van der Waals surface area contributed by atoms with Crippen LogP contribution in [0.15, 0.2) is 60.7 Å². The van der Waals surface area contributed by atoms with Gasteiger partial charge in [0.25, 0.3) is 5.91 Å². The van der Waals surface area contributed by atoms with Crippen molar-refractivity contribution in [3.8, 4) is 17.2 Å². The maximum atomic E-state index is 12.9. The van der Waals surface area contributed by atoms with E-state index in [-0.39, 0.29) is 30.9 Å². The number of aromatic hydroxyl groups is 1. The highest BCUT2D eigenvalue weighted by Gasteiger charge is 2.15. The molecule has 0 radical (unpaired) electrons. The molecule has 4 rings (SSSR count). The predicted molar refractivity (Wildman–Crippen MR) is 149 cm³/mol. The minimum Gasteiger partial charge on any atom is -0.508 e. The number of hydrogen-bond donors (Lipinski definition) is 6. The van der Waals surface area contributed by atoms with Crippen molar-refractivity contribution in [2.45, 2.75) is 38.6 Å². The van der Waals surface area contributed by atoms with Crippen LogP contribution in [-0.2, 0) is 19.6 Å². The monoisotopic (exact) mass is 533 g/mol. The van der Waals surface area contributed by atoms with Crippen molar-refractivity contribution in [3.63, 3.8) is 0 Å². The lowest BCUT2D eigenvalue weighted by Gasteiger charge is -2.18. The van der Waals surface area contributed by atoms with Gasteiger partial charge < -0.3 is 40.4 Å². The van der Waals surface area contributed by atoms with Crippen LogP contribution in [0.1, 0.15) is 45.8 Å². The third-order valence-electron chi connectivity index (χ3n) is 6.75. The van der Waals surface area contributed by atoms with Crippen molar-refractivity contribution < 1.29 is 29.6 Å². The highest BCUT2D eigenvalue weighted by molar-refractivity contribution is 5.98. The van der Waals surface area contributed by atoms with Gasteiger partial charge in [-0.25, -0.2) is 0 Å². The molecule has 1 aromatic heterocycles. The highest BCUT2D eigenvalue weighted by atomic mass is 16.5. The van der Waals surface area contributed by atoms with Gasteiger partial charge >= 0.3 is 0 Å². The second-order valence-electron chi connectivity index (χ2n) is 9.50. The third-order valence-corrected chi connectivity index (χ3v) is 6.75. The van der Waals surface area contributed by atoms with E-state index in [1.165, 1.54) is 6.07 Å². The molecule has 3 aromatic carbocycles. The predicted octanol–water partition coefficient (Wildman–Crippen LogP) is 3.57. The van der Waals surface area contributed by atoms with E-state index in [0.29, 0.717) is 34.9 Å². The molecule has 0 saturated carbocycles. The zero-order valence-corrected chi connectivity index (χ0v) is 22.3. The average Bonchev–Trinajstić information content (AvgIpc) is 3.38. The smallest absolute Gasteiger partial charge is 0.268 e. The van der Waals surface area contributed by atoms with Gasteiger partial charge in [-0.05, 0) is 66.9 Å². The Bertz CT molecular complexity index is 1410. The van der Waals surface area contributed by atoms with Crippen molar-refractivity contribution in [1.82, 2.24) is 15.6 Å². The van der Waals surface area contributed by atoms with Crippen molar-refractivity contribution in [3.05, 3.63) is 88.6 Å². The molecule has 0 spiro atoms. The van der Waals surface area contributed by atoms with E-state index < -0.39 is 6.10 Å². The van der Waals surface area contributed by atoms with Crippen LogP contribution < -0.4 is 20.1 Å². The van der Waals surface area contributed by atoms with E-state index in [9.17, 15) is 20.1 Å². The Morgan fingerprint density at radius 3 is 2.46 bits per heavy atom. The molecule has 39 heavy (non-hydrogen) atoms. The second-order valence-corrected chi connectivity index (χ2v) is 9.50. The number of carbonyl (C=O) groups is 1. The highest BCUT2D eigenvalue weighted by Crippen LogP contribution is 2.28. The number of fused-ring (bicyclic) bond motifs is 1. The molecule has 4 aromatic rings. The number of H-pyrrole nitrogens is 1. The number of methoxy groups -OCH3 is 2. The first-order chi connectivity index (χ1) is 18.8. The summed E-state index contributed by atoms with van der Waals surface area (Å²) in [6.45, 7) is 2.32. The van der Waals surface area contributed by atoms with E-state index in [2.05, 4.69) is 15.6 Å². The molecule has 1 heterocycles. The minimum atomic E-state index is -0.776. The quantitative estimate of drug-likeness (QED) is 0.164. The van der Waals surface area contributed by atoms with Crippen LogP contribution >= 0.6 is 0 Å². The number of aromatic amines is 1. The normalized spacial score (nSPS) is 12.7. The van der Waals surface area contributed by atoms with E-state index in [1.54, 1.807) is 26.4 Å². The minimum absolute atomic E-state index is 0.00669. The van der Waals surface area contributed by atoms with E-state index in [1.807, 2.05) is 49.4 Å². The van der Waals surface area contributed by atoms with Crippen LogP contribution in [0, 0.1) is 0 Å². The molecule has 0 aliphatic carbocycles. The third kappa shape index (κ3) is 6.69. The summed E-state index contributed by atoms with van der Waals surface area (Å²) >= 11 is 0. The second kappa shape index (κ2) is 12.7. The van der Waals surface area contributed by atoms with Crippen LogP contribution in [0.5, 0.6) is 17.2 Å². The van der Waals surface area contributed by atoms with Crippen LogP contribution in [0.3, 0.4) is 0 Å². The van der Waals surface area contributed by atoms with Crippen LogP contribution in [0.25, 0.3) is 10.9 Å². The van der Waals surface area contributed by atoms with Gasteiger partial charge in [-0.2, -0.15) is 0 Å². The van der Waals surface area contributed by atoms with Crippen molar-refractivity contribution in [2.75, 3.05) is 20.8 Å².